The SMILES string of the molecule is CS/C(=N\C(C)Br)c1ccccc1. The maximum Gasteiger partial charge on any atom is 0.103 e. The molecule has 0 aromatic heterocycles. The molecule has 0 saturated heterocycles. The fourth-order valence-corrected chi connectivity index (χ4v) is 1.96. The van der Waals surface area contributed by atoms with Crippen molar-refractivity contribution in [1.82, 2.24) is 0 Å². The molecule has 1 aromatic rings. The van der Waals surface area contributed by atoms with Crippen LogP contribution in [0.15, 0.2) is 35.3 Å². The Morgan fingerprint density at radius 3 is 2.46 bits per heavy atom. The van der Waals surface area contributed by atoms with Gasteiger partial charge >= 0.3 is 0 Å². The number of nitrogens with zero attached hydrogens (tertiary/aromatic N) is 1. The van der Waals surface area contributed by atoms with Crippen molar-refractivity contribution in [2.45, 2.75) is 11.9 Å². The van der Waals surface area contributed by atoms with Crippen LogP contribution in [0.5, 0.6) is 0 Å². The van der Waals surface area contributed by atoms with Crippen molar-refractivity contribution in [2.24, 2.45) is 4.99 Å². The molecule has 70 valence electrons. The molecular formula is C10H12BrNS. The Morgan fingerprint density at radius 1 is 1.38 bits per heavy atom. The highest BCUT2D eigenvalue weighted by Gasteiger charge is 2.01. The van der Waals surface area contributed by atoms with Gasteiger partial charge < -0.3 is 0 Å². The molecule has 3 heteroatoms. The van der Waals surface area contributed by atoms with Gasteiger partial charge in [-0.25, -0.2) is 0 Å². The van der Waals surface area contributed by atoms with Crippen LogP contribution in [0.3, 0.4) is 0 Å². The molecule has 1 nitrogen and oxygen atoms in total. The van der Waals surface area contributed by atoms with E-state index in [4.69, 9.17) is 0 Å². The highest BCUT2D eigenvalue weighted by Crippen LogP contribution is 2.13. The van der Waals surface area contributed by atoms with Gasteiger partial charge in [0.1, 0.15) is 4.95 Å². The molecule has 0 aliphatic heterocycles. The third-order valence-electron chi connectivity index (χ3n) is 1.51. The topological polar surface area (TPSA) is 12.4 Å². The van der Waals surface area contributed by atoms with Crippen molar-refractivity contribution in [3.05, 3.63) is 35.9 Å². The molecule has 0 aliphatic carbocycles. The smallest absolute Gasteiger partial charge is 0.103 e. The molecule has 1 rings (SSSR count). The Bertz CT molecular complexity index is 282. The van der Waals surface area contributed by atoms with Gasteiger partial charge in [-0.05, 0) is 13.2 Å². The van der Waals surface area contributed by atoms with Crippen molar-refractivity contribution in [1.29, 1.82) is 0 Å². The lowest BCUT2D eigenvalue weighted by molar-refractivity contribution is 1.07. The van der Waals surface area contributed by atoms with E-state index in [-0.39, 0.29) is 4.95 Å². The minimum absolute atomic E-state index is 0.176. The molecule has 0 N–H and O–H groups in total. The fourth-order valence-electron chi connectivity index (χ4n) is 0.987. The number of halogens is 1. The van der Waals surface area contributed by atoms with Crippen LogP contribution in [0.1, 0.15) is 12.5 Å². The van der Waals surface area contributed by atoms with Gasteiger partial charge in [-0.1, -0.05) is 46.3 Å². The van der Waals surface area contributed by atoms with E-state index in [0.717, 1.165) is 5.04 Å². The zero-order valence-corrected chi connectivity index (χ0v) is 10.1. The maximum atomic E-state index is 4.46. The molecule has 0 heterocycles. The molecule has 0 amide bonds. The Labute approximate surface area is 91.8 Å². The second kappa shape index (κ2) is 5.45. The van der Waals surface area contributed by atoms with E-state index in [1.54, 1.807) is 11.8 Å². The lowest BCUT2D eigenvalue weighted by atomic mass is 10.2. The second-order valence-corrected chi connectivity index (χ2v) is 4.70. The van der Waals surface area contributed by atoms with Crippen LogP contribution in [0.2, 0.25) is 0 Å². The standard InChI is InChI=1S/C10H12BrNS/c1-8(11)12-10(13-2)9-6-4-3-5-7-9/h3-8H,1-2H3/b12-10-. The van der Waals surface area contributed by atoms with Crippen LogP contribution in [-0.4, -0.2) is 16.3 Å². The average molecular weight is 258 g/mol. The first-order valence-corrected chi connectivity index (χ1v) is 6.19. The molecule has 0 aliphatic rings. The number of benzene rings is 1. The Balaban J connectivity index is 2.91. The summed E-state index contributed by atoms with van der Waals surface area (Å²) >= 11 is 5.08. The Kier molecular flexibility index (Phi) is 4.53. The van der Waals surface area contributed by atoms with E-state index < -0.39 is 0 Å². The normalized spacial score (nSPS) is 14.2. The molecule has 1 aromatic carbocycles. The number of alkyl halides is 1. The van der Waals surface area contributed by atoms with E-state index in [2.05, 4.69) is 33.1 Å². The van der Waals surface area contributed by atoms with Crippen molar-refractivity contribution in [2.75, 3.05) is 6.26 Å². The molecule has 13 heavy (non-hydrogen) atoms. The second-order valence-electron chi connectivity index (χ2n) is 2.58. The van der Waals surface area contributed by atoms with E-state index in [0.29, 0.717) is 0 Å². The van der Waals surface area contributed by atoms with E-state index in [1.165, 1.54) is 5.56 Å². The summed E-state index contributed by atoms with van der Waals surface area (Å²) in [7, 11) is 0. The molecular weight excluding hydrogens is 246 g/mol. The van der Waals surface area contributed by atoms with Gasteiger partial charge in [-0.3, -0.25) is 4.99 Å². The predicted molar refractivity (Wildman–Crippen MR) is 64.9 cm³/mol. The summed E-state index contributed by atoms with van der Waals surface area (Å²) in [6.45, 7) is 2.01. The number of hydrogen-bond donors (Lipinski definition) is 0. The van der Waals surface area contributed by atoms with Crippen molar-refractivity contribution >= 4 is 32.7 Å². The monoisotopic (exact) mass is 257 g/mol. The maximum absolute atomic E-state index is 4.46. The van der Waals surface area contributed by atoms with Crippen LogP contribution in [0, 0.1) is 0 Å². The lowest BCUT2D eigenvalue weighted by Crippen LogP contribution is -1.97. The Hall–Kier alpha value is -0.280. The first-order chi connectivity index (χ1) is 6.24. The van der Waals surface area contributed by atoms with Gasteiger partial charge in [0.05, 0.1) is 5.04 Å². The van der Waals surface area contributed by atoms with E-state index in [9.17, 15) is 0 Å². The largest absolute Gasteiger partial charge is 0.263 e. The molecule has 0 bridgehead atoms. The minimum Gasteiger partial charge on any atom is -0.263 e. The number of hydrogen-bond acceptors (Lipinski definition) is 2. The van der Waals surface area contributed by atoms with Crippen LogP contribution in [-0.2, 0) is 0 Å². The van der Waals surface area contributed by atoms with Crippen LogP contribution in [0.4, 0.5) is 0 Å². The minimum atomic E-state index is 0.176. The first-order valence-electron chi connectivity index (χ1n) is 4.05. The highest BCUT2D eigenvalue weighted by atomic mass is 79.9. The van der Waals surface area contributed by atoms with Crippen molar-refractivity contribution in [3.63, 3.8) is 0 Å². The fraction of sp³-hybridized carbons (Fsp3) is 0.300. The molecule has 1 atom stereocenters. The third-order valence-corrected chi connectivity index (χ3v) is 2.44. The zero-order valence-electron chi connectivity index (χ0n) is 7.70. The molecule has 0 saturated carbocycles. The van der Waals surface area contributed by atoms with Gasteiger partial charge in [-0.2, -0.15) is 0 Å². The first kappa shape index (κ1) is 10.8. The summed E-state index contributed by atoms with van der Waals surface area (Å²) in [6.07, 6.45) is 2.04. The molecule has 0 fully saturated rings. The van der Waals surface area contributed by atoms with E-state index in [1.807, 2.05) is 31.4 Å². The van der Waals surface area contributed by atoms with E-state index >= 15 is 0 Å². The van der Waals surface area contributed by atoms with Crippen LogP contribution >= 0.6 is 27.7 Å². The number of aliphatic imine (C=N–C) groups is 1. The highest BCUT2D eigenvalue weighted by molar-refractivity contribution is 9.09. The third kappa shape index (κ3) is 3.53. The molecule has 0 radical (unpaired) electrons. The van der Waals surface area contributed by atoms with Crippen molar-refractivity contribution < 1.29 is 0 Å². The summed E-state index contributed by atoms with van der Waals surface area (Å²) in [5.41, 5.74) is 1.18. The van der Waals surface area contributed by atoms with Crippen LogP contribution in [0.25, 0.3) is 0 Å². The summed E-state index contributed by atoms with van der Waals surface area (Å²) in [5.74, 6) is 0. The average Bonchev–Trinajstić information content (AvgIpc) is 2.15. The number of thioether (sulfide) groups is 1. The molecule has 0 spiro atoms. The quantitative estimate of drug-likeness (QED) is 0.342. The predicted octanol–water partition coefficient (Wildman–Crippen LogP) is 3.54. The van der Waals surface area contributed by atoms with Crippen LogP contribution < -0.4 is 0 Å². The summed E-state index contributed by atoms with van der Waals surface area (Å²) in [6, 6.07) is 10.2. The van der Waals surface area contributed by atoms with Gasteiger partial charge in [0.15, 0.2) is 0 Å². The summed E-state index contributed by atoms with van der Waals surface area (Å²) < 4.78 is 0. The zero-order chi connectivity index (χ0) is 9.68. The molecule has 1 unspecified atom stereocenters. The summed E-state index contributed by atoms with van der Waals surface area (Å²) in [4.78, 5) is 4.64. The Morgan fingerprint density at radius 2 is 2.00 bits per heavy atom. The summed E-state index contributed by atoms with van der Waals surface area (Å²) in [5, 5.41) is 1.07. The van der Waals surface area contributed by atoms with Gasteiger partial charge in [0.25, 0.3) is 0 Å². The van der Waals surface area contributed by atoms with Gasteiger partial charge in [-0.15, -0.1) is 11.8 Å². The number of rotatable bonds is 2. The van der Waals surface area contributed by atoms with Crippen molar-refractivity contribution in [3.8, 4) is 0 Å². The van der Waals surface area contributed by atoms with Gasteiger partial charge in [0, 0.05) is 5.56 Å². The van der Waals surface area contributed by atoms with Gasteiger partial charge in [0.2, 0.25) is 0 Å². The lowest BCUT2D eigenvalue weighted by Gasteiger charge is -2.04.